The van der Waals surface area contributed by atoms with Crippen molar-refractivity contribution in [2.24, 2.45) is 0 Å². The highest BCUT2D eigenvalue weighted by atomic mass is 15.0. The first-order valence-electron chi connectivity index (χ1n) is 5.70. The Morgan fingerprint density at radius 1 is 1.40 bits per heavy atom. The molecule has 0 saturated carbocycles. The zero-order chi connectivity index (χ0) is 11.3. The van der Waals surface area contributed by atoms with Gasteiger partial charge in [-0.25, -0.2) is 0 Å². The van der Waals surface area contributed by atoms with E-state index in [-0.39, 0.29) is 0 Å². The summed E-state index contributed by atoms with van der Waals surface area (Å²) in [6.45, 7) is 8.61. The van der Waals surface area contributed by atoms with Gasteiger partial charge in [-0.15, -0.1) is 0 Å². The maximum atomic E-state index is 2.34. The maximum absolute atomic E-state index is 2.34. The van der Waals surface area contributed by atoms with Gasteiger partial charge in [-0.2, -0.15) is 0 Å². The fraction of sp³-hybridized carbons (Fsp3) is 0.429. The van der Waals surface area contributed by atoms with Gasteiger partial charge in [-0.3, -0.25) is 0 Å². The van der Waals surface area contributed by atoms with E-state index in [1.807, 2.05) is 6.92 Å². The summed E-state index contributed by atoms with van der Waals surface area (Å²) in [5.41, 5.74) is 0. The summed E-state index contributed by atoms with van der Waals surface area (Å²) in [4.78, 5) is 0. The number of rotatable bonds is 3. The highest BCUT2D eigenvalue weighted by molar-refractivity contribution is 5.37. The molecule has 1 aromatic rings. The summed E-state index contributed by atoms with van der Waals surface area (Å²) in [6, 6.07) is 2.75. The summed E-state index contributed by atoms with van der Waals surface area (Å²) in [6.07, 6.45) is 11.8. The van der Waals surface area contributed by atoms with E-state index in [9.17, 15) is 0 Å². The molecule has 1 aromatic heterocycles. The lowest BCUT2D eigenvalue weighted by atomic mass is 10.2. The van der Waals surface area contributed by atoms with Crippen LogP contribution in [0.25, 0.3) is 12.2 Å². The van der Waals surface area contributed by atoms with E-state index in [0.717, 1.165) is 6.42 Å². The average molecular weight is 203 g/mol. The van der Waals surface area contributed by atoms with E-state index < -0.39 is 0 Å². The fourth-order valence-corrected chi connectivity index (χ4v) is 1.67. The molecule has 1 rings (SSSR count). The third-order valence-electron chi connectivity index (χ3n) is 2.81. The molecule has 1 atom stereocenters. The molecule has 0 N–H and O–H groups in total. The van der Waals surface area contributed by atoms with Gasteiger partial charge >= 0.3 is 0 Å². The van der Waals surface area contributed by atoms with E-state index >= 15 is 0 Å². The Morgan fingerprint density at radius 3 is 2.67 bits per heavy atom. The van der Waals surface area contributed by atoms with Crippen LogP contribution in [0.5, 0.6) is 0 Å². The quantitative estimate of drug-likeness (QED) is 0.711. The molecular weight excluding hydrogens is 182 g/mol. The largest absolute Gasteiger partial charge is 0.345 e. The molecule has 0 bridgehead atoms. The van der Waals surface area contributed by atoms with Crippen LogP contribution in [-0.4, -0.2) is 4.57 Å². The molecule has 0 amide bonds. The second kappa shape index (κ2) is 5.59. The topological polar surface area (TPSA) is 4.93 Å². The molecule has 0 aliphatic rings. The van der Waals surface area contributed by atoms with Gasteiger partial charge in [0.15, 0.2) is 0 Å². The molecule has 0 saturated heterocycles. The van der Waals surface area contributed by atoms with Crippen LogP contribution in [0.4, 0.5) is 0 Å². The van der Waals surface area contributed by atoms with Gasteiger partial charge in [0.1, 0.15) is 0 Å². The molecule has 0 aromatic carbocycles. The van der Waals surface area contributed by atoms with Crippen LogP contribution in [0, 0.1) is 0 Å². The van der Waals surface area contributed by atoms with Crippen LogP contribution in [0.2, 0.25) is 0 Å². The maximum Gasteiger partial charge on any atom is 0.0479 e. The summed E-state index contributed by atoms with van der Waals surface area (Å²) in [5, 5.41) is 2.62. The number of hydrogen-bond acceptors (Lipinski definition) is 0. The van der Waals surface area contributed by atoms with Crippen molar-refractivity contribution in [3.63, 3.8) is 0 Å². The Morgan fingerprint density at radius 2 is 2.13 bits per heavy atom. The Balaban J connectivity index is 3.37. The number of aromatic nitrogens is 1. The molecule has 0 fully saturated rings. The fourth-order valence-electron chi connectivity index (χ4n) is 1.67. The Labute approximate surface area is 92.4 Å². The zero-order valence-corrected chi connectivity index (χ0v) is 10.2. The summed E-state index contributed by atoms with van der Waals surface area (Å²) >= 11 is 0. The van der Waals surface area contributed by atoms with E-state index in [4.69, 9.17) is 0 Å². The Kier molecular flexibility index (Phi) is 4.41. The number of allylic oxidation sites excluding steroid dienone is 2. The lowest BCUT2D eigenvalue weighted by Crippen LogP contribution is -2.30. The molecule has 0 aliphatic carbocycles. The lowest BCUT2D eigenvalue weighted by molar-refractivity contribution is 0.521. The predicted octanol–water partition coefficient (Wildman–Crippen LogP) is 2.62. The summed E-state index contributed by atoms with van der Waals surface area (Å²) < 4.78 is 2.34. The van der Waals surface area contributed by atoms with Gasteiger partial charge in [0.2, 0.25) is 0 Å². The summed E-state index contributed by atoms with van der Waals surface area (Å²) in [7, 11) is 0. The van der Waals surface area contributed by atoms with Crippen molar-refractivity contribution in [2.75, 3.05) is 0 Å². The van der Waals surface area contributed by atoms with Crippen molar-refractivity contribution in [3.8, 4) is 0 Å². The molecule has 0 aliphatic heterocycles. The van der Waals surface area contributed by atoms with Crippen LogP contribution < -0.4 is 10.6 Å². The van der Waals surface area contributed by atoms with Gasteiger partial charge in [-0.1, -0.05) is 25.2 Å². The van der Waals surface area contributed by atoms with Crippen molar-refractivity contribution in [3.05, 3.63) is 35.0 Å². The molecule has 0 spiro atoms. The minimum absolute atomic E-state index is 0.565. The SMILES string of the molecule is C\C=C/C=c1\c(=C/C)ccn1C(C)CC. The molecule has 1 nitrogen and oxygen atoms in total. The normalized spacial score (nSPS) is 16.5. The standard InChI is InChI=1S/C14H21N/c1-5-8-9-14-13(7-3)10-11-15(14)12(4)6-2/h5,7-12H,6H2,1-4H3/b8-5-,13-7-,14-9+. The van der Waals surface area contributed by atoms with E-state index in [0.29, 0.717) is 6.04 Å². The third kappa shape index (κ3) is 2.62. The Hall–Kier alpha value is -1.24. The van der Waals surface area contributed by atoms with Gasteiger partial charge in [0.25, 0.3) is 0 Å². The minimum Gasteiger partial charge on any atom is -0.345 e. The van der Waals surface area contributed by atoms with Crippen LogP contribution in [0.1, 0.15) is 40.2 Å². The predicted molar refractivity (Wildman–Crippen MR) is 68.1 cm³/mol. The second-order valence-electron chi connectivity index (χ2n) is 3.80. The van der Waals surface area contributed by atoms with Gasteiger partial charge in [-0.05, 0) is 44.6 Å². The smallest absolute Gasteiger partial charge is 0.0479 e. The van der Waals surface area contributed by atoms with Crippen molar-refractivity contribution in [1.29, 1.82) is 0 Å². The van der Waals surface area contributed by atoms with Gasteiger partial charge in [0.05, 0.1) is 0 Å². The van der Waals surface area contributed by atoms with Crippen molar-refractivity contribution < 1.29 is 0 Å². The highest BCUT2D eigenvalue weighted by Crippen LogP contribution is 2.04. The van der Waals surface area contributed by atoms with Gasteiger partial charge in [0, 0.05) is 17.6 Å². The minimum atomic E-state index is 0.565. The summed E-state index contributed by atoms with van der Waals surface area (Å²) in [5.74, 6) is 0. The van der Waals surface area contributed by atoms with Crippen LogP contribution in [0.15, 0.2) is 24.4 Å². The zero-order valence-electron chi connectivity index (χ0n) is 10.2. The van der Waals surface area contributed by atoms with E-state index in [1.165, 1.54) is 10.6 Å². The average Bonchev–Trinajstić information content (AvgIpc) is 2.67. The molecule has 1 unspecified atom stereocenters. The van der Waals surface area contributed by atoms with E-state index in [1.54, 1.807) is 0 Å². The molecule has 15 heavy (non-hydrogen) atoms. The molecular formula is C14H21N. The van der Waals surface area contributed by atoms with Crippen LogP contribution >= 0.6 is 0 Å². The van der Waals surface area contributed by atoms with Crippen LogP contribution in [-0.2, 0) is 0 Å². The molecule has 1 heteroatoms. The molecule has 0 radical (unpaired) electrons. The second-order valence-corrected chi connectivity index (χ2v) is 3.80. The first-order chi connectivity index (χ1) is 7.24. The monoisotopic (exact) mass is 203 g/mol. The van der Waals surface area contributed by atoms with Gasteiger partial charge < -0.3 is 4.57 Å². The first-order valence-corrected chi connectivity index (χ1v) is 5.70. The first kappa shape index (κ1) is 11.8. The van der Waals surface area contributed by atoms with Crippen molar-refractivity contribution in [2.45, 2.75) is 40.2 Å². The Bertz CT molecular complexity index is 434. The molecule has 82 valence electrons. The number of hydrogen-bond donors (Lipinski definition) is 0. The van der Waals surface area contributed by atoms with Crippen molar-refractivity contribution in [1.82, 2.24) is 4.57 Å². The highest BCUT2D eigenvalue weighted by Gasteiger charge is 2.01. The van der Waals surface area contributed by atoms with E-state index in [2.05, 4.69) is 61.9 Å². The van der Waals surface area contributed by atoms with Crippen molar-refractivity contribution >= 4 is 12.2 Å². The van der Waals surface area contributed by atoms with Crippen LogP contribution in [0.3, 0.4) is 0 Å². The lowest BCUT2D eigenvalue weighted by Gasteiger charge is -2.11. The third-order valence-corrected chi connectivity index (χ3v) is 2.81. The number of nitrogens with zero attached hydrogens (tertiary/aromatic N) is 1. The molecule has 1 heterocycles.